The highest BCUT2D eigenvalue weighted by atomic mass is 19.1. The van der Waals surface area contributed by atoms with Crippen LogP contribution in [-0.2, 0) is 6.42 Å². The summed E-state index contributed by atoms with van der Waals surface area (Å²) in [5.41, 5.74) is 0.577. The monoisotopic (exact) mass is 268 g/mol. The summed E-state index contributed by atoms with van der Waals surface area (Å²) < 4.78 is 26.1. The summed E-state index contributed by atoms with van der Waals surface area (Å²) >= 11 is 0. The molecule has 1 aromatic rings. The molecule has 1 aliphatic heterocycles. The van der Waals surface area contributed by atoms with Gasteiger partial charge in [-0.25, -0.2) is 8.78 Å². The Morgan fingerprint density at radius 2 is 1.89 bits per heavy atom. The quantitative estimate of drug-likeness (QED) is 0.765. The zero-order chi connectivity index (χ0) is 13.5. The van der Waals surface area contributed by atoms with Crippen LogP contribution in [0.4, 0.5) is 8.78 Å². The Hall–Kier alpha value is -1.00. The second-order valence-electron chi connectivity index (χ2n) is 5.14. The Morgan fingerprint density at radius 3 is 2.63 bits per heavy atom. The van der Waals surface area contributed by atoms with Crippen molar-refractivity contribution < 1.29 is 8.78 Å². The summed E-state index contributed by atoms with van der Waals surface area (Å²) in [6.07, 6.45) is 4.40. The average molecular weight is 268 g/mol. The summed E-state index contributed by atoms with van der Waals surface area (Å²) in [4.78, 5) is 2.49. The van der Waals surface area contributed by atoms with Crippen molar-refractivity contribution in [2.75, 3.05) is 32.7 Å². The van der Waals surface area contributed by atoms with Gasteiger partial charge in [-0.05, 0) is 70.0 Å². The first-order chi connectivity index (χ1) is 9.25. The molecule has 1 saturated heterocycles. The molecule has 106 valence electrons. The Morgan fingerprint density at radius 1 is 1.11 bits per heavy atom. The molecule has 0 aliphatic carbocycles. The molecule has 1 fully saturated rings. The van der Waals surface area contributed by atoms with E-state index >= 15 is 0 Å². The van der Waals surface area contributed by atoms with Crippen molar-refractivity contribution in [3.8, 4) is 0 Å². The molecule has 0 spiro atoms. The molecule has 0 aromatic heterocycles. The standard InChI is InChI=1S/C15H22F2N2/c16-14-5-4-13(15(17)12-14)6-8-18-7-3-11-19-9-1-2-10-19/h4-5,12,18H,1-3,6-11H2. The summed E-state index contributed by atoms with van der Waals surface area (Å²) in [6.45, 7) is 5.32. The molecule has 1 N–H and O–H groups in total. The average Bonchev–Trinajstić information content (AvgIpc) is 2.89. The van der Waals surface area contributed by atoms with Gasteiger partial charge in [0.1, 0.15) is 11.6 Å². The lowest BCUT2D eigenvalue weighted by molar-refractivity contribution is 0.331. The molecule has 1 heterocycles. The number of rotatable bonds is 7. The van der Waals surface area contributed by atoms with Crippen molar-refractivity contribution in [1.82, 2.24) is 10.2 Å². The maximum Gasteiger partial charge on any atom is 0.129 e. The van der Waals surface area contributed by atoms with Crippen molar-refractivity contribution in [2.24, 2.45) is 0 Å². The highest BCUT2D eigenvalue weighted by Crippen LogP contribution is 2.09. The van der Waals surface area contributed by atoms with Crippen LogP contribution >= 0.6 is 0 Å². The molecule has 1 aromatic carbocycles. The largest absolute Gasteiger partial charge is 0.316 e. The molecule has 0 amide bonds. The lowest BCUT2D eigenvalue weighted by Crippen LogP contribution is -2.26. The molecule has 4 heteroatoms. The van der Waals surface area contributed by atoms with E-state index in [2.05, 4.69) is 10.2 Å². The van der Waals surface area contributed by atoms with Crippen LogP contribution in [0.15, 0.2) is 18.2 Å². The van der Waals surface area contributed by atoms with Crippen molar-refractivity contribution in [3.63, 3.8) is 0 Å². The first-order valence-electron chi connectivity index (χ1n) is 7.13. The fourth-order valence-electron chi connectivity index (χ4n) is 2.51. The third kappa shape index (κ3) is 4.88. The molecular formula is C15H22F2N2. The van der Waals surface area contributed by atoms with Crippen LogP contribution in [0.5, 0.6) is 0 Å². The van der Waals surface area contributed by atoms with Crippen LogP contribution in [0.25, 0.3) is 0 Å². The minimum atomic E-state index is -0.514. The predicted molar refractivity (Wildman–Crippen MR) is 73.2 cm³/mol. The zero-order valence-electron chi connectivity index (χ0n) is 11.3. The maximum absolute atomic E-state index is 13.4. The van der Waals surface area contributed by atoms with Crippen LogP contribution in [0.2, 0.25) is 0 Å². The van der Waals surface area contributed by atoms with Gasteiger partial charge in [-0.3, -0.25) is 0 Å². The van der Waals surface area contributed by atoms with Gasteiger partial charge in [0, 0.05) is 6.07 Å². The Kier molecular flexibility index (Phi) is 5.73. The molecule has 0 unspecified atom stereocenters. The molecule has 19 heavy (non-hydrogen) atoms. The zero-order valence-corrected chi connectivity index (χ0v) is 11.3. The van der Waals surface area contributed by atoms with E-state index in [9.17, 15) is 8.78 Å². The molecule has 2 rings (SSSR count). The van der Waals surface area contributed by atoms with Gasteiger partial charge < -0.3 is 10.2 Å². The second kappa shape index (κ2) is 7.56. The van der Waals surface area contributed by atoms with E-state index in [1.54, 1.807) is 0 Å². The number of nitrogens with one attached hydrogen (secondary N) is 1. The van der Waals surface area contributed by atoms with Crippen molar-refractivity contribution in [2.45, 2.75) is 25.7 Å². The van der Waals surface area contributed by atoms with Gasteiger partial charge in [-0.1, -0.05) is 6.07 Å². The number of benzene rings is 1. The second-order valence-corrected chi connectivity index (χ2v) is 5.14. The molecule has 0 bridgehead atoms. The van der Waals surface area contributed by atoms with E-state index in [0.717, 1.165) is 32.1 Å². The van der Waals surface area contributed by atoms with E-state index < -0.39 is 11.6 Å². The summed E-state index contributed by atoms with van der Waals surface area (Å²) in [5.74, 6) is -0.960. The van der Waals surface area contributed by atoms with Crippen LogP contribution in [0.1, 0.15) is 24.8 Å². The highest BCUT2D eigenvalue weighted by molar-refractivity contribution is 5.18. The third-order valence-electron chi connectivity index (χ3n) is 3.61. The van der Waals surface area contributed by atoms with E-state index in [1.807, 2.05) is 0 Å². The van der Waals surface area contributed by atoms with Crippen LogP contribution in [-0.4, -0.2) is 37.6 Å². The van der Waals surface area contributed by atoms with Crippen molar-refractivity contribution >= 4 is 0 Å². The van der Waals surface area contributed by atoms with Gasteiger partial charge in [0.2, 0.25) is 0 Å². The van der Waals surface area contributed by atoms with Gasteiger partial charge >= 0.3 is 0 Å². The van der Waals surface area contributed by atoms with E-state index in [1.165, 1.54) is 38.1 Å². The van der Waals surface area contributed by atoms with Crippen LogP contribution in [0.3, 0.4) is 0 Å². The minimum absolute atomic E-state index is 0.445. The highest BCUT2D eigenvalue weighted by Gasteiger charge is 2.09. The fraction of sp³-hybridized carbons (Fsp3) is 0.600. The number of halogens is 2. The predicted octanol–water partition coefficient (Wildman–Crippen LogP) is 2.58. The lowest BCUT2D eigenvalue weighted by Gasteiger charge is -2.14. The Bertz CT molecular complexity index is 390. The molecule has 0 radical (unpaired) electrons. The van der Waals surface area contributed by atoms with Gasteiger partial charge in [-0.15, -0.1) is 0 Å². The smallest absolute Gasteiger partial charge is 0.129 e. The van der Waals surface area contributed by atoms with Crippen LogP contribution < -0.4 is 5.32 Å². The fourth-order valence-corrected chi connectivity index (χ4v) is 2.51. The number of likely N-dealkylation sites (tertiary alicyclic amines) is 1. The first-order valence-corrected chi connectivity index (χ1v) is 7.13. The normalized spacial score (nSPS) is 16.1. The molecule has 2 nitrogen and oxygen atoms in total. The number of hydrogen-bond donors (Lipinski definition) is 1. The van der Waals surface area contributed by atoms with E-state index in [0.29, 0.717) is 12.0 Å². The number of hydrogen-bond acceptors (Lipinski definition) is 2. The summed E-state index contributed by atoms with van der Waals surface area (Å²) in [5, 5.41) is 3.31. The first kappa shape index (κ1) is 14.4. The summed E-state index contributed by atoms with van der Waals surface area (Å²) in [6, 6.07) is 3.78. The van der Waals surface area contributed by atoms with Gasteiger partial charge in [0.25, 0.3) is 0 Å². The molecule has 0 saturated carbocycles. The van der Waals surface area contributed by atoms with Crippen molar-refractivity contribution in [1.29, 1.82) is 0 Å². The molecular weight excluding hydrogens is 246 g/mol. The Balaban J connectivity index is 1.56. The molecule has 0 atom stereocenters. The topological polar surface area (TPSA) is 15.3 Å². The van der Waals surface area contributed by atoms with Gasteiger partial charge in [0.05, 0.1) is 0 Å². The lowest BCUT2D eigenvalue weighted by atomic mass is 10.1. The maximum atomic E-state index is 13.4. The van der Waals surface area contributed by atoms with Gasteiger partial charge in [-0.2, -0.15) is 0 Å². The van der Waals surface area contributed by atoms with E-state index in [-0.39, 0.29) is 0 Å². The summed E-state index contributed by atoms with van der Waals surface area (Å²) in [7, 11) is 0. The Labute approximate surface area is 113 Å². The molecule has 1 aliphatic rings. The van der Waals surface area contributed by atoms with Crippen LogP contribution in [0, 0.1) is 11.6 Å². The van der Waals surface area contributed by atoms with Gasteiger partial charge in [0.15, 0.2) is 0 Å². The van der Waals surface area contributed by atoms with E-state index in [4.69, 9.17) is 0 Å². The third-order valence-corrected chi connectivity index (χ3v) is 3.61. The van der Waals surface area contributed by atoms with Crippen molar-refractivity contribution in [3.05, 3.63) is 35.4 Å². The SMILES string of the molecule is Fc1ccc(CCNCCCN2CCCC2)c(F)c1. The number of nitrogens with zero attached hydrogens (tertiary/aromatic N) is 1. The minimum Gasteiger partial charge on any atom is -0.316 e.